The zero-order chi connectivity index (χ0) is 18.0. The molecule has 0 N–H and O–H groups in total. The van der Waals surface area contributed by atoms with Crippen molar-refractivity contribution >= 4 is 5.91 Å². The molecule has 6 nitrogen and oxygen atoms in total. The van der Waals surface area contributed by atoms with Gasteiger partial charge in [-0.3, -0.25) is 4.79 Å². The average molecular weight is 342 g/mol. The fourth-order valence-electron chi connectivity index (χ4n) is 3.22. The number of hydrogen-bond acceptors (Lipinski definition) is 4. The summed E-state index contributed by atoms with van der Waals surface area (Å²) >= 11 is 0. The maximum Gasteiger partial charge on any atom is 0.293 e. The van der Waals surface area contributed by atoms with E-state index in [1.165, 1.54) is 5.56 Å². The van der Waals surface area contributed by atoms with E-state index >= 15 is 0 Å². The lowest BCUT2D eigenvalue weighted by atomic mass is 10.0. The highest BCUT2D eigenvalue weighted by Crippen LogP contribution is 2.23. The average Bonchev–Trinajstić information content (AvgIpc) is 3.23. The van der Waals surface area contributed by atoms with Crippen LogP contribution < -0.4 is 0 Å². The number of aromatic nitrogens is 3. The van der Waals surface area contributed by atoms with Crippen molar-refractivity contribution in [2.24, 2.45) is 0 Å². The van der Waals surface area contributed by atoms with Crippen molar-refractivity contribution in [3.63, 3.8) is 0 Å². The fourth-order valence-corrected chi connectivity index (χ4v) is 3.22. The Kier molecular flexibility index (Phi) is 5.18. The van der Waals surface area contributed by atoms with Crippen molar-refractivity contribution < 1.29 is 9.53 Å². The quantitative estimate of drug-likeness (QED) is 0.838. The van der Waals surface area contributed by atoms with Gasteiger partial charge in [0.25, 0.3) is 5.91 Å². The van der Waals surface area contributed by atoms with Gasteiger partial charge in [-0.05, 0) is 37.3 Å². The minimum atomic E-state index is -0.167. The van der Waals surface area contributed by atoms with E-state index in [2.05, 4.69) is 30.0 Å². The molecule has 134 valence electrons. The van der Waals surface area contributed by atoms with E-state index in [0.717, 1.165) is 25.1 Å². The Labute approximate surface area is 148 Å². The molecule has 1 aliphatic rings. The third kappa shape index (κ3) is 3.74. The van der Waals surface area contributed by atoms with Crippen molar-refractivity contribution in [2.75, 3.05) is 20.2 Å². The molecule has 1 atom stereocenters. The molecule has 2 heterocycles. The number of para-hydroxylation sites is 1. The number of hydrogen-bond donors (Lipinski definition) is 0. The SMILES string of the molecule is Cc1nc(C(=O)N(C)C[C@H]2CCCO2)nn1-c1ccccc1C(C)C. The van der Waals surface area contributed by atoms with Gasteiger partial charge in [0.05, 0.1) is 11.8 Å². The van der Waals surface area contributed by atoms with Gasteiger partial charge < -0.3 is 9.64 Å². The van der Waals surface area contributed by atoms with Crippen molar-refractivity contribution in [2.45, 2.75) is 45.6 Å². The zero-order valence-corrected chi connectivity index (χ0v) is 15.4. The van der Waals surface area contributed by atoms with Crippen molar-refractivity contribution in [1.29, 1.82) is 0 Å². The van der Waals surface area contributed by atoms with Crippen LogP contribution in [0.2, 0.25) is 0 Å². The summed E-state index contributed by atoms with van der Waals surface area (Å²) in [7, 11) is 1.78. The molecule has 0 radical (unpaired) electrons. The van der Waals surface area contributed by atoms with Crippen LogP contribution in [0, 0.1) is 6.92 Å². The van der Waals surface area contributed by atoms with E-state index in [9.17, 15) is 4.79 Å². The Morgan fingerprint density at radius 2 is 2.16 bits per heavy atom. The molecule has 3 rings (SSSR count). The molecule has 25 heavy (non-hydrogen) atoms. The van der Waals surface area contributed by atoms with Crippen LogP contribution in [0.25, 0.3) is 5.69 Å². The monoisotopic (exact) mass is 342 g/mol. The number of carbonyl (C=O) groups excluding carboxylic acids is 1. The Morgan fingerprint density at radius 1 is 1.40 bits per heavy atom. The second-order valence-corrected chi connectivity index (χ2v) is 6.93. The molecule has 0 aliphatic carbocycles. The van der Waals surface area contributed by atoms with Crippen molar-refractivity contribution in [3.05, 3.63) is 41.5 Å². The van der Waals surface area contributed by atoms with Gasteiger partial charge in [0.2, 0.25) is 5.82 Å². The molecule has 1 aliphatic heterocycles. The van der Waals surface area contributed by atoms with Crippen LogP contribution in [-0.2, 0) is 4.74 Å². The molecule has 0 bridgehead atoms. The second-order valence-electron chi connectivity index (χ2n) is 6.93. The van der Waals surface area contributed by atoms with Crippen LogP contribution in [0.4, 0.5) is 0 Å². The molecule has 1 aromatic carbocycles. The summed E-state index contributed by atoms with van der Waals surface area (Å²) in [6, 6.07) is 8.10. The summed E-state index contributed by atoms with van der Waals surface area (Å²) in [5.41, 5.74) is 2.16. The Hall–Kier alpha value is -2.21. The number of aryl methyl sites for hydroxylation is 1. The maximum absolute atomic E-state index is 12.7. The highest BCUT2D eigenvalue weighted by Gasteiger charge is 2.24. The van der Waals surface area contributed by atoms with E-state index in [4.69, 9.17) is 4.74 Å². The van der Waals surface area contributed by atoms with Gasteiger partial charge >= 0.3 is 0 Å². The predicted octanol–water partition coefficient (Wildman–Crippen LogP) is 2.95. The van der Waals surface area contributed by atoms with Crippen LogP contribution in [0.15, 0.2) is 24.3 Å². The molecular weight excluding hydrogens is 316 g/mol. The van der Waals surface area contributed by atoms with Crippen molar-refractivity contribution in [3.8, 4) is 5.69 Å². The highest BCUT2D eigenvalue weighted by atomic mass is 16.5. The van der Waals surface area contributed by atoms with Crippen LogP contribution in [0.3, 0.4) is 0 Å². The van der Waals surface area contributed by atoms with Gasteiger partial charge in [-0.2, -0.15) is 0 Å². The minimum Gasteiger partial charge on any atom is -0.376 e. The summed E-state index contributed by atoms with van der Waals surface area (Å²) in [5, 5.41) is 4.49. The summed E-state index contributed by atoms with van der Waals surface area (Å²) < 4.78 is 7.38. The lowest BCUT2D eigenvalue weighted by molar-refractivity contribution is 0.0578. The standard InChI is InChI=1S/C19H26N4O2/c1-13(2)16-9-5-6-10-17(16)23-14(3)20-18(21-23)19(24)22(4)12-15-8-7-11-25-15/h5-6,9-10,13,15H,7-8,11-12H2,1-4H3/t15-/m1/s1. The molecule has 2 aromatic rings. The summed E-state index contributed by atoms with van der Waals surface area (Å²) in [4.78, 5) is 18.7. The summed E-state index contributed by atoms with van der Waals surface area (Å²) in [6.07, 6.45) is 2.18. The van der Waals surface area contributed by atoms with E-state index in [1.807, 2.05) is 25.1 Å². The molecule has 1 aromatic heterocycles. The fraction of sp³-hybridized carbons (Fsp3) is 0.526. The Balaban J connectivity index is 1.84. The number of ether oxygens (including phenoxy) is 1. The molecule has 1 amide bonds. The molecule has 0 unspecified atom stereocenters. The molecule has 6 heteroatoms. The van der Waals surface area contributed by atoms with Gasteiger partial charge in [-0.15, -0.1) is 5.10 Å². The molecule has 0 spiro atoms. The van der Waals surface area contributed by atoms with Gasteiger partial charge in [0.1, 0.15) is 5.82 Å². The van der Waals surface area contributed by atoms with Crippen molar-refractivity contribution in [1.82, 2.24) is 19.7 Å². The molecule has 1 saturated heterocycles. The smallest absolute Gasteiger partial charge is 0.293 e. The van der Waals surface area contributed by atoms with E-state index in [1.54, 1.807) is 16.6 Å². The third-order valence-electron chi connectivity index (χ3n) is 4.60. The number of rotatable bonds is 5. The topological polar surface area (TPSA) is 60.3 Å². The first-order valence-corrected chi connectivity index (χ1v) is 8.87. The highest BCUT2D eigenvalue weighted by molar-refractivity contribution is 5.90. The van der Waals surface area contributed by atoms with Gasteiger partial charge in [-0.25, -0.2) is 9.67 Å². The number of carbonyl (C=O) groups is 1. The maximum atomic E-state index is 12.7. The number of benzene rings is 1. The first-order valence-electron chi connectivity index (χ1n) is 8.87. The minimum absolute atomic E-state index is 0.124. The molecular formula is C19H26N4O2. The molecule has 1 fully saturated rings. The lowest BCUT2D eigenvalue weighted by Crippen LogP contribution is -2.34. The predicted molar refractivity (Wildman–Crippen MR) is 96.1 cm³/mol. The van der Waals surface area contributed by atoms with Crippen LogP contribution in [0.1, 0.15) is 54.6 Å². The third-order valence-corrected chi connectivity index (χ3v) is 4.60. The van der Waals surface area contributed by atoms with Gasteiger partial charge in [0.15, 0.2) is 0 Å². The van der Waals surface area contributed by atoms with Crippen LogP contribution in [0.5, 0.6) is 0 Å². The van der Waals surface area contributed by atoms with Gasteiger partial charge in [0, 0.05) is 20.2 Å². The Bertz CT molecular complexity index is 748. The first kappa shape index (κ1) is 17.6. The van der Waals surface area contributed by atoms with Crippen LogP contribution in [-0.4, -0.2) is 51.9 Å². The Morgan fingerprint density at radius 3 is 2.84 bits per heavy atom. The second kappa shape index (κ2) is 7.35. The van der Waals surface area contributed by atoms with Crippen LogP contribution >= 0.6 is 0 Å². The summed E-state index contributed by atoms with van der Waals surface area (Å²) in [6.45, 7) is 7.53. The van der Waals surface area contributed by atoms with E-state index < -0.39 is 0 Å². The normalized spacial score (nSPS) is 17.2. The largest absolute Gasteiger partial charge is 0.376 e. The first-order chi connectivity index (χ1) is 12.0. The van der Waals surface area contributed by atoms with E-state index in [0.29, 0.717) is 18.3 Å². The zero-order valence-electron chi connectivity index (χ0n) is 15.4. The summed E-state index contributed by atoms with van der Waals surface area (Å²) in [5.74, 6) is 1.14. The van der Waals surface area contributed by atoms with Gasteiger partial charge in [-0.1, -0.05) is 32.0 Å². The molecule has 0 saturated carbocycles. The number of amides is 1. The number of nitrogens with zero attached hydrogens (tertiary/aromatic N) is 4. The van der Waals surface area contributed by atoms with E-state index in [-0.39, 0.29) is 17.8 Å². The lowest BCUT2D eigenvalue weighted by Gasteiger charge is -2.19. The number of likely N-dealkylation sites (N-methyl/N-ethyl adjacent to an activating group) is 1.